The summed E-state index contributed by atoms with van der Waals surface area (Å²) in [6, 6.07) is 5.45. The minimum Gasteiger partial charge on any atom is -0.444 e. The molecule has 3 atom stereocenters. The Bertz CT molecular complexity index is 807. The van der Waals surface area contributed by atoms with E-state index < -0.39 is 29.7 Å². The van der Waals surface area contributed by atoms with Crippen molar-refractivity contribution in [2.45, 2.75) is 98.0 Å². The summed E-state index contributed by atoms with van der Waals surface area (Å²) in [5, 5.41) is 5.67. The summed E-state index contributed by atoms with van der Waals surface area (Å²) in [4.78, 5) is 41.0. The van der Waals surface area contributed by atoms with E-state index in [2.05, 4.69) is 30.2 Å². The molecule has 0 heterocycles. The summed E-state index contributed by atoms with van der Waals surface area (Å²) < 4.78 is 5.31. The van der Waals surface area contributed by atoms with Crippen LogP contribution in [-0.2, 0) is 14.3 Å². The highest BCUT2D eigenvalue weighted by atomic mass is 32.1. The average Bonchev–Trinajstić information content (AvgIpc) is 2.67. The largest absolute Gasteiger partial charge is 0.444 e. The molecule has 0 aliphatic rings. The molecule has 0 saturated carbocycles. The van der Waals surface area contributed by atoms with Crippen LogP contribution in [0.3, 0.4) is 0 Å². The number of benzene rings is 1. The summed E-state index contributed by atoms with van der Waals surface area (Å²) in [5.41, 5.74) is 1.000. The SMILES string of the molecule is CCCC(C)NC(=O)C(c1cccc(C)c1)N(C(=O)C(CS)NC(=O)OC(C)(C)C)C(C)C. The van der Waals surface area contributed by atoms with Gasteiger partial charge in [-0.3, -0.25) is 9.59 Å². The van der Waals surface area contributed by atoms with Gasteiger partial charge in [-0.25, -0.2) is 4.79 Å². The molecule has 0 spiro atoms. The summed E-state index contributed by atoms with van der Waals surface area (Å²) in [6.45, 7) is 14.9. The Kier molecular flexibility index (Phi) is 11.2. The first-order chi connectivity index (χ1) is 15.3. The van der Waals surface area contributed by atoms with Crippen LogP contribution in [0.4, 0.5) is 4.79 Å². The van der Waals surface area contributed by atoms with E-state index in [-0.39, 0.29) is 23.7 Å². The number of thiol groups is 1. The number of rotatable bonds is 10. The molecule has 0 radical (unpaired) electrons. The fourth-order valence-electron chi connectivity index (χ4n) is 3.60. The van der Waals surface area contributed by atoms with Crippen molar-refractivity contribution in [3.8, 4) is 0 Å². The Balaban J connectivity index is 3.35. The van der Waals surface area contributed by atoms with Gasteiger partial charge in [0.05, 0.1) is 0 Å². The second-order valence-electron chi connectivity index (χ2n) is 9.74. The number of nitrogens with one attached hydrogen (secondary N) is 2. The Morgan fingerprint density at radius 2 is 1.76 bits per heavy atom. The number of carbonyl (C=O) groups excluding carboxylic acids is 3. The molecule has 1 aromatic rings. The standard InChI is InChI=1S/C25H41N3O4S/c1-9-11-18(5)26-22(29)21(19-13-10-12-17(4)14-19)28(16(2)3)23(30)20(15-33)27-24(31)32-25(6,7)8/h10,12-14,16,18,20-21,33H,9,11,15H2,1-8H3,(H,26,29)(H,27,31). The molecule has 0 saturated heterocycles. The quantitative estimate of drug-likeness (QED) is 0.434. The molecule has 2 N–H and O–H groups in total. The van der Waals surface area contributed by atoms with Crippen LogP contribution >= 0.6 is 12.6 Å². The molecule has 1 rings (SSSR count). The number of ether oxygens (including phenoxy) is 1. The lowest BCUT2D eigenvalue weighted by Gasteiger charge is -2.37. The molecule has 0 aliphatic carbocycles. The van der Waals surface area contributed by atoms with Gasteiger partial charge in [0.25, 0.3) is 0 Å². The minimum atomic E-state index is -0.946. The molecule has 33 heavy (non-hydrogen) atoms. The first kappa shape index (κ1) is 28.8. The highest BCUT2D eigenvalue weighted by Gasteiger charge is 2.37. The average molecular weight is 480 g/mol. The summed E-state index contributed by atoms with van der Waals surface area (Å²) >= 11 is 4.29. The van der Waals surface area contributed by atoms with Gasteiger partial charge in [-0.1, -0.05) is 43.2 Å². The summed E-state index contributed by atoms with van der Waals surface area (Å²) in [7, 11) is 0. The smallest absolute Gasteiger partial charge is 0.408 e. The predicted octanol–water partition coefficient (Wildman–Crippen LogP) is 4.40. The predicted molar refractivity (Wildman–Crippen MR) is 135 cm³/mol. The van der Waals surface area contributed by atoms with Crippen LogP contribution < -0.4 is 10.6 Å². The van der Waals surface area contributed by atoms with E-state index in [4.69, 9.17) is 4.74 Å². The van der Waals surface area contributed by atoms with Crippen molar-refractivity contribution in [1.82, 2.24) is 15.5 Å². The fourth-order valence-corrected chi connectivity index (χ4v) is 3.85. The molecule has 3 unspecified atom stereocenters. The maximum absolute atomic E-state index is 13.7. The van der Waals surface area contributed by atoms with Crippen molar-refractivity contribution in [2.75, 3.05) is 5.75 Å². The monoisotopic (exact) mass is 479 g/mol. The molecule has 0 bridgehead atoms. The number of hydrogen-bond donors (Lipinski definition) is 3. The Labute approximate surface area is 204 Å². The summed E-state index contributed by atoms with van der Waals surface area (Å²) in [6.07, 6.45) is 1.07. The first-order valence-electron chi connectivity index (χ1n) is 11.6. The van der Waals surface area contributed by atoms with Crippen LogP contribution in [0.15, 0.2) is 24.3 Å². The molecule has 0 aromatic heterocycles. The van der Waals surface area contributed by atoms with Crippen LogP contribution in [-0.4, -0.2) is 52.3 Å². The van der Waals surface area contributed by atoms with Gasteiger partial charge in [0.15, 0.2) is 0 Å². The van der Waals surface area contributed by atoms with E-state index in [0.29, 0.717) is 5.56 Å². The maximum Gasteiger partial charge on any atom is 0.408 e. The number of hydrogen-bond acceptors (Lipinski definition) is 5. The van der Waals surface area contributed by atoms with Crippen molar-refractivity contribution in [3.63, 3.8) is 0 Å². The van der Waals surface area contributed by atoms with Gasteiger partial charge >= 0.3 is 6.09 Å². The second kappa shape index (κ2) is 12.9. The van der Waals surface area contributed by atoms with E-state index in [9.17, 15) is 14.4 Å². The Morgan fingerprint density at radius 1 is 1.12 bits per heavy atom. The van der Waals surface area contributed by atoms with E-state index in [1.165, 1.54) is 4.90 Å². The van der Waals surface area contributed by atoms with Gasteiger partial charge in [-0.05, 0) is 60.5 Å². The van der Waals surface area contributed by atoms with Gasteiger partial charge in [0.2, 0.25) is 11.8 Å². The van der Waals surface area contributed by atoms with Gasteiger partial charge in [0.1, 0.15) is 17.7 Å². The lowest BCUT2D eigenvalue weighted by atomic mass is 9.99. The van der Waals surface area contributed by atoms with Crippen LogP contribution in [0.2, 0.25) is 0 Å². The van der Waals surface area contributed by atoms with Gasteiger partial charge in [0, 0.05) is 17.8 Å². The number of amides is 3. The van der Waals surface area contributed by atoms with Crippen LogP contribution in [0.25, 0.3) is 0 Å². The van der Waals surface area contributed by atoms with Crippen molar-refractivity contribution in [1.29, 1.82) is 0 Å². The zero-order valence-electron chi connectivity index (χ0n) is 21.3. The van der Waals surface area contributed by atoms with Crippen molar-refractivity contribution in [2.24, 2.45) is 0 Å². The third-order valence-electron chi connectivity index (χ3n) is 4.98. The van der Waals surface area contributed by atoms with Gasteiger partial charge in [-0.15, -0.1) is 0 Å². The van der Waals surface area contributed by atoms with Crippen LogP contribution in [0, 0.1) is 6.92 Å². The maximum atomic E-state index is 13.7. The number of alkyl carbamates (subject to hydrolysis) is 1. The highest BCUT2D eigenvalue weighted by Crippen LogP contribution is 2.26. The summed E-state index contributed by atoms with van der Waals surface area (Å²) in [5.74, 6) is -0.579. The van der Waals surface area contributed by atoms with Crippen molar-refractivity contribution >= 4 is 30.5 Å². The number of nitrogens with zero attached hydrogens (tertiary/aromatic N) is 1. The lowest BCUT2D eigenvalue weighted by molar-refractivity contribution is -0.144. The van der Waals surface area contributed by atoms with E-state index >= 15 is 0 Å². The minimum absolute atomic E-state index is 0.0283. The van der Waals surface area contributed by atoms with Gasteiger partial charge in [-0.2, -0.15) is 12.6 Å². The van der Waals surface area contributed by atoms with E-state index in [1.54, 1.807) is 20.8 Å². The molecule has 8 heteroatoms. The molecular weight excluding hydrogens is 438 g/mol. The van der Waals surface area contributed by atoms with Crippen molar-refractivity contribution in [3.05, 3.63) is 35.4 Å². The van der Waals surface area contributed by atoms with Crippen molar-refractivity contribution < 1.29 is 19.1 Å². The zero-order chi connectivity index (χ0) is 25.3. The number of carbonyl (C=O) groups is 3. The number of aryl methyl sites for hydroxylation is 1. The highest BCUT2D eigenvalue weighted by molar-refractivity contribution is 7.80. The van der Waals surface area contributed by atoms with Crippen LogP contribution in [0.5, 0.6) is 0 Å². The zero-order valence-corrected chi connectivity index (χ0v) is 22.2. The molecule has 1 aromatic carbocycles. The molecule has 7 nitrogen and oxygen atoms in total. The molecule has 3 amide bonds. The molecular formula is C25H41N3O4S. The molecule has 186 valence electrons. The fraction of sp³-hybridized carbons (Fsp3) is 0.640. The Hall–Kier alpha value is -2.22. The topological polar surface area (TPSA) is 87.7 Å². The molecule has 0 aliphatic heterocycles. The van der Waals surface area contributed by atoms with E-state index in [1.807, 2.05) is 52.0 Å². The van der Waals surface area contributed by atoms with E-state index in [0.717, 1.165) is 18.4 Å². The van der Waals surface area contributed by atoms with Gasteiger partial charge < -0.3 is 20.3 Å². The first-order valence-corrected chi connectivity index (χ1v) is 12.2. The normalized spacial score (nSPS) is 14.2. The third-order valence-corrected chi connectivity index (χ3v) is 5.34. The van der Waals surface area contributed by atoms with Crippen LogP contribution in [0.1, 0.15) is 78.5 Å². The molecule has 0 fully saturated rings. The third kappa shape index (κ3) is 9.27. The Morgan fingerprint density at radius 3 is 2.24 bits per heavy atom. The second-order valence-corrected chi connectivity index (χ2v) is 10.1. The lowest BCUT2D eigenvalue weighted by Crippen LogP contribution is -2.56.